The van der Waals surface area contributed by atoms with Crippen molar-refractivity contribution in [1.29, 1.82) is 0 Å². The van der Waals surface area contributed by atoms with Gasteiger partial charge in [-0.2, -0.15) is 10.2 Å². The van der Waals surface area contributed by atoms with Crippen LogP contribution in [-0.2, 0) is 16.2 Å². The van der Waals surface area contributed by atoms with Gasteiger partial charge in [0.25, 0.3) is 0 Å². The van der Waals surface area contributed by atoms with Gasteiger partial charge in [-0.3, -0.25) is 0 Å². The zero-order valence-corrected chi connectivity index (χ0v) is 15.6. The van der Waals surface area contributed by atoms with Crippen molar-refractivity contribution in [3.8, 4) is 16.9 Å². The maximum Gasteiger partial charge on any atom is 0.213 e. The van der Waals surface area contributed by atoms with Crippen LogP contribution in [0.25, 0.3) is 16.6 Å². The van der Waals surface area contributed by atoms with Gasteiger partial charge in [0.1, 0.15) is 5.75 Å². The summed E-state index contributed by atoms with van der Waals surface area (Å²) in [5.41, 5.74) is 5.64. The van der Waals surface area contributed by atoms with Crippen LogP contribution in [0.1, 0.15) is 24.1 Å². The lowest BCUT2D eigenvalue weighted by atomic mass is 9.99. The van der Waals surface area contributed by atoms with Crippen LogP contribution in [0, 0.1) is 6.92 Å². The number of benzene rings is 1. The van der Waals surface area contributed by atoms with E-state index in [0.717, 1.165) is 54.0 Å². The van der Waals surface area contributed by atoms with E-state index in [1.54, 1.807) is 7.11 Å². The van der Waals surface area contributed by atoms with Crippen molar-refractivity contribution in [3.05, 3.63) is 53.9 Å². The molecule has 1 fully saturated rings. The van der Waals surface area contributed by atoms with Gasteiger partial charge in [-0.1, -0.05) is 12.1 Å². The lowest BCUT2D eigenvalue weighted by Gasteiger charge is -2.43. The lowest BCUT2D eigenvalue weighted by Crippen LogP contribution is -2.50. The summed E-state index contributed by atoms with van der Waals surface area (Å²) in [5, 5.41) is 6.36. The average molecular weight is 365 g/mol. The molecule has 1 spiro atoms. The van der Waals surface area contributed by atoms with Gasteiger partial charge < -0.3 is 14.3 Å². The van der Waals surface area contributed by atoms with Crippen molar-refractivity contribution < 1.29 is 14.3 Å². The Kier molecular flexibility index (Phi) is 3.93. The van der Waals surface area contributed by atoms with E-state index < -0.39 is 5.79 Å². The van der Waals surface area contributed by atoms with Gasteiger partial charge in [-0.25, -0.2) is 4.52 Å². The molecule has 0 unspecified atom stereocenters. The molecule has 0 atom stereocenters. The summed E-state index contributed by atoms with van der Waals surface area (Å²) in [6.07, 6.45) is 3.43. The Bertz CT molecular complexity index is 990. The maximum atomic E-state index is 6.31. The summed E-state index contributed by atoms with van der Waals surface area (Å²) in [7, 11) is 1.71. The van der Waals surface area contributed by atoms with Crippen LogP contribution in [0.2, 0.25) is 0 Å². The van der Waals surface area contributed by atoms with E-state index in [-0.39, 0.29) is 0 Å². The van der Waals surface area contributed by atoms with Crippen molar-refractivity contribution in [1.82, 2.24) is 14.7 Å². The van der Waals surface area contributed by atoms with Crippen LogP contribution < -0.4 is 4.74 Å². The number of fused-ring (bicyclic) bond motifs is 2. The second-order valence-electron chi connectivity index (χ2n) is 7.24. The molecule has 6 nitrogen and oxygen atoms in total. The maximum absolute atomic E-state index is 6.31. The number of nitrogens with zero attached hydrogens (tertiary/aromatic N) is 3. The van der Waals surface area contributed by atoms with E-state index in [1.807, 2.05) is 21.8 Å². The van der Waals surface area contributed by atoms with E-state index in [2.05, 4.69) is 42.4 Å². The van der Waals surface area contributed by atoms with Gasteiger partial charge in [0.15, 0.2) is 0 Å². The van der Waals surface area contributed by atoms with Crippen LogP contribution in [-0.4, -0.2) is 40.7 Å². The first-order valence-corrected chi connectivity index (χ1v) is 9.36. The highest BCUT2D eigenvalue weighted by Crippen LogP contribution is 2.39. The molecule has 3 aromatic rings. The zero-order chi connectivity index (χ0) is 18.4. The molecule has 0 N–H and O–H groups in total. The summed E-state index contributed by atoms with van der Waals surface area (Å²) in [5.74, 6) is 0.404. The summed E-state index contributed by atoms with van der Waals surface area (Å²) in [6.45, 7) is 4.29. The molecule has 4 heterocycles. The molecule has 140 valence electrons. The number of aryl methyl sites for hydroxylation is 1. The van der Waals surface area contributed by atoms with Gasteiger partial charge in [-0.05, 0) is 36.8 Å². The number of aromatic nitrogens is 2. The van der Waals surface area contributed by atoms with E-state index in [4.69, 9.17) is 14.3 Å². The van der Waals surface area contributed by atoms with Crippen LogP contribution in [0.3, 0.4) is 0 Å². The zero-order valence-electron chi connectivity index (χ0n) is 15.6. The van der Waals surface area contributed by atoms with Crippen molar-refractivity contribution in [2.24, 2.45) is 0 Å². The number of hydrogen-bond donors (Lipinski definition) is 0. The number of hydroxylamine groups is 2. The molecular weight excluding hydrogens is 342 g/mol. The Morgan fingerprint density at radius 2 is 1.96 bits per heavy atom. The molecule has 6 heteroatoms. The minimum atomic E-state index is -0.520. The molecule has 5 rings (SSSR count). The third kappa shape index (κ3) is 2.81. The number of rotatable bonds is 2. The monoisotopic (exact) mass is 365 g/mol. The fourth-order valence-corrected chi connectivity index (χ4v) is 4.08. The number of hydrogen-bond acceptors (Lipinski definition) is 5. The van der Waals surface area contributed by atoms with Crippen molar-refractivity contribution in [2.45, 2.75) is 32.2 Å². The molecule has 0 bridgehead atoms. The Balaban J connectivity index is 1.44. The van der Waals surface area contributed by atoms with E-state index in [1.165, 1.54) is 5.56 Å². The first-order valence-electron chi connectivity index (χ1n) is 9.36. The summed E-state index contributed by atoms with van der Waals surface area (Å²) in [6, 6.07) is 12.6. The van der Waals surface area contributed by atoms with Crippen molar-refractivity contribution in [2.75, 3.05) is 20.2 Å². The SMILES string of the molecule is CON1CCC2(CC1)OCc1cc(-c3ccc4ccnn4c3C)ccc1O2. The minimum Gasteiger partial charge on any atom is -0.462 e. The Labute approximate surface area is 158 Å². The van der Waals surface area contributed by atoms with Crippen molar-refractivity contribution in [3.63, 3.8) is 0 Å². The second-order valence-corrected chi connectivity index (χ2v) is 7.24. The summed E-state index contributed by atoms with van der Waals surface area (Å²) in [4.78, 5) is 5.31. The summed E-state index contributed by atoms with van der Waals surface area (Å²) >= 11 is 0. The highest BCUT2D eigenvalue weighted by atomic mass is 16.7. The molecule has 1 saturated heterocycles. The highest BCUT2D eigenvalue weighted by Gasteiger charge is 2.41. The van der Waals surface area contributed by atoms with Gasteiger partial charge in [0, 0.05) is 48.9 Å². The Morgan fingerprint density at radius 3 is 2.78 bits per heavy atom. The smallest absolute Gasteiger partial charge is 0.213 e. The molecular formula is C21H23N3O3. The molecule has 0 aliphatic carbocycles. The first-order chi connectivity index (χ1) is 13.2. The number of piperidine rings is 1. The van der Waals surface area contributed by atoms with Gasteiger partial charge in [-0.15, -0.1) is 0 Å². The fourth-order valence-electron chi connectivity index (χ4n) is 4.08. The topological polar surface area (TPSA) is 48.2 Å². The Hall–Kier alpha value is -2.41. The molecule has 0 radical (unpaired) electrons. The fraction of sp³-hybridized carbons (Fsp3) is 0.381. The third-order valence-corrected chi connectivity index (χ3v) is 5.70. The van der Waals surface area contributed by atoms with Gasteiger partial charge >= 0.3 is 0 Å². The van der Waals surface area contributed by atoms with E-state index in [9.17, 15) is 0 Å². The molecule has 2 aliphatic rings. The van der Waals surface area contributed by atoms with Crippen LogP contribution in [0.5, 0.6) is 5.75 Å². The first kappa shape index (κ1) is 16.7. The third-order valence-electron chi connectivity index (χ3n) is 5.70. The molecule has 1 aromatic carbocycles. The van der Waals surface area contributed by atoms with Gasteiger partial charge in [0.2, 0.25) is 5.79 Å². The van der Waals surface area contributed by atoms with E-state index >= 15 is 0 Å². The Morgan fingerprint density at radius 1 is 1.11 bits per heavy atom. The van der Waals surface area contributed by atoms with Crippen LogP contribution in [0.15, 0.2) is 42.6 Å². The standard InChI is InChI=1S/C21H23N3O3/c1-15-19(5-4-18-7-10-22-24(15)18)16-3-6-20-17(13-16)14-26-21(27-20)8-11-23(25-2)12-9-21/h3-7,10,13H,8-9,11-12,14H2,1-2H3. The highest BCUT2D eigenvalue weighted by molar-refractivity contribution is 5.70. The quantitative estimate of drug-likeness (QED) is 0.695. The summed E-state index contributed by atoms with van der Waals surface area (Å²) < 4.78 is 14.5. The second kappa shape index (κ2) is 6.34. The predicted molar refractivity (Wildman–Crippen MR) is 101 cm³/mol. The lowest BCUT2D eigenvalue weighted by molar-refractivity contribution is -0.260. The predicted octanol–water partition coefficient (Wildman–Crippen LogP) is 3.57. The van der Waals surface area contributed by atoms with Crippen LogP contribution >= 0.6 is 0 Å². The molecule has 2 aliphatic heterocycles. The molecule has 0 amide bonds. The normalized spacial score (nSPS) is 19.2. The number of ether oxygens (including phenoxy) is 2. The van der Waals surface area contributed by atoms with Gasteiger partial charge in [0.05, 0.1) is 19.2 Å². The molecule has 0 saturated carbocycles. The largest absolute Gasteiger partial charge is 0.462 e. The average Bonchev–Trinajstić information content (AvgIpc) is 3.18. The number of pyridine rings is 1. The molecule has 2 aromatic heterocycles. The van der Waals surface area contributed by atoms with Crippen LogP contribution in [0.4, 0.5) is 0 Å². The van der Waals surface area contributed by atoms with E-state index in [0.29, 0.717) is 6.61 Å². The van der Waals surface area contributed by atoms with Crippen molar-refractivity contribution >= 4 is 5.52 Å². The molecule has 27 heavy (non-hydrogen) atoms. The minimum absolute atomic E-state index is 0.520.